The lowest BCUT2D eigenvalue weighted by Gasteiger charge is -2.12. The fraction of sp³-hybridized carbons (Fsp3) is 0.250. The summed E-state index contributed by atoms with van der Waals surface area (Å²) in [6.07, 6.45) is 1.82. The van der Waals surface area contributed by atoms with Gasteiger partial charge in [0.2, 0.25) is 0 Å². The minimum absolute atomic E-state index is 0.229. The lowest BCUT2D eigenvalue weighted by atomic mass is 10.1. The number of rotatable bonds is 8. The van der Waals surface area contributed by atoms with Crippen molar-refractivity contribution < 1.29 is 23.5 Å². The van der Waals surface area contributed by atoms with Gasteiger partial charge in [-0.3, -0.25) is 14.4 Å². The van der Waals surface area contributed by atoms with E-state index in [0.29, 0.717) is 12.1 Å². The molecule has 2 N–H and O–H groups in total. The second-order valence-corrected chi connectivity index (χ2v) is 5.82. The zero-order valence-electron chi connectivity index (χ0n) is 15.0. The third-order valence-corrected chi connectivity index (χ3v) is 3.65. The first kappa shape index (κ1) is 20.1. The van der Waals surface area contributed by atoms with Gasteiger partial charge in [0.25, 0.3) is 11.8 Å². The summed E-state index contributed by atoms with van der Waals surface area (Å²) in [5.74, 6) is -1.84. The monoisotopic (exact) mass is 372 g/mol. The maximum atomic E-state index is 13.0. The Labute approximate surface area is 156 Å². The van der Waals surface area contributed by atoms with Crippen LogP contribution in [0.25, 0.3) is 0 Å². The van der Waals surface area contributed by atoms with Crippen molar-refractivity contribution in [2.24, 2.45) is 0 Å². The minimum atomic E-state index is -0.540. The quantitative estimate of drug-likeness (QED) is 0.691. The van der Waals surface area contributed by atoms with Gasteiger partial charge in [0.1, 0.15) is 5.82 Å². The van der Waals surface area contributed by atoms with Crippen LogP contribution in [0.1, 0.15) is 36.5 Å². The first-order valence-electron chi connectivity index (χ1n) is 8.61. The number of hydrogen-bond acceptors (Lipinski definition) is 4. The van der Waals surface area contributed by atoms with Crippen molar-refractivity contribution in [2.45, 2.75) is 26.2 Å². The van der Waals surface area contributed by atoms with Gasteiger partial charge in [0.15, 0.2) is 6.61 Å². The van der Waals surface area contributed by atoms with Crippen LogP contribution in [0.3, 0.4) is 0 Å². The lowest BCUT2D eigenvalue weighted by Crippen LogP contribution is -2.23. The first-order valence-corrected chi connectivity index (χ1v) is 8.61. The van der Waals surface area contributed by atoms with Gasteiger partial charge >= 0.3 is 5.97 Å². The van der Waals surface area contributed by atoms with Crippen molar-refractivity contribution in [1.29, 1.82) is 0 Å². The van der Waals surface area contributed by atoms with Gasteiger partial charge in [-0.05, 0) is 42.8 Å². The van der Waals surface area contributed by atoms with Crippen LogP contribution in [0.2, 0.25) is 0 Å². The number of unbranched alkanes of at least 4 members (excludes halogenated alkanes) is 1. The highest BCUT2D eigenvalue weighted by atomic mass is 19.1. The molecule has 0 radical (unpaired) electrons. The summed E-state index contributed by atoms with van der Waals surface area (Å²) in [6.45, 7) is 1.53. The molecule has 0 unspecified atom stereocenters. The van der Waals surface area contributed by atoms with E-state index in [0.717, 1.165) is 6.42 Å². The number of carbonyl (C=O) groups is 3. The highest BCUT2D eigenvalue weighted by Gasteiger charge is 2.14. The molecule has 2 aromatic carbocycles. The van der Waals surface area contributed by atoms with E-state index in [2.05, 4.69) is 10.6 Å². The molecule has 0 aromatic heterocycles. The molecular weight excluding hydrogens is 351 g/mol. The fourth-order valence-electron chi connectivity index (χ4n) is 2.25. The zero-order chi connectivity index (χ0) is 19.6. The molecule has 0 spiro atoms. The van der Waals surface area contributed by atoms with E-state index < -0.39 is 30.2 Å². The van der Waals surface area contributed by atoms with Gasteiger partial charge in [0.05, 0.1) is 11.3 Å². The molecule has 0 aliphatic heterocycles. The Morgan fingerprint density at radius 1 is 1.00 bits per heavy atom. The van der Waals surface area contributed by atoms with Crippen LogP contribution in [0, 0.1) is 5.82 Å². The Balaban J connectivity index is 1.98. The molecule has 2 rings (SSSR count). The Hall–Kier alpha value is -3.22. The molecule has 2 aromatic rings. The normalized spacial score (nSPS) is 10.1. The predicted octanol–water partition coefficient (Wildman–Crippen LogP) is 3.75. The van der Waals surface area contributed by atoms with Crippen LogP contribution < -0.4 is 10.6 Å². The van der Waals surface area contributed by atoms with E-state index in [1.54, 1.807) is 24.3 Å². The summed E-state index contributed by atoms with van der Waals surface area (Å²) in [6, 6.07) is 11.8. The molecule has 0 heterocycles. The third kappa shape index (κ3) is 6.54. The summed E-state index contributed by atoms with van der Waals surface area (Å²) in [7, 11) is 0. The predicted molar refractivity (Wildman–Crippen MR) is 99.9 cm³/mol. The topological polar surface area (TPSA) is 84.5 Å². The molecule has 0 atom stereocenters. The summed E-state index contributed by atoms with van der Waals surface area (Å²) in [5, 5.41) is 5.19. The average Bonchev–Trinajstić information content (AvgIpc) is 2.67. The molecule has 2 amide bonds. The number of benzene rings is 2. The molecule has 142 valence electrons. The van der Waals surface area contributed by atoms with Crippen molar-refractivity contribution >= 4 is 29.2 Å². The Kier molecular flexibility index (Phi) is 7.49. The van der Waals surface area contributed by atoms with Crippen LogP contribution in [-0.4, -0.2) is 24.4 Å². The maximum absolute atomic E-state index is 13.0. The van der Waals surface area contributed by atoms with Crippen molar-refractivity contribution in [2.75, 3.05) is 17.2 Å². The first-order chi connectivity index (χ1) is 13.0. The third-order valence-electron chi connectivity index (χ3n) is 3.65. The van der Waals surface area contributed by atoms with Crippen LogP contribution in [-0.2, 0) is 14.3 Å². The number of nitrogens with one attached hydrogen (secondary N) is 2. The standard InChI is InChI=1S/C20H21FN2O4/c1-2-3-8-19(25)27-13-18(24)23-17-7-5-4-6-16(17)20(26)22-15-11-9-14(21)10-12-15/h4-7,9-12H,2-3,8,13H2,1H3,(H,22,26)(H,23,24). The average molecular weight is 372 g/mol. The Morgan fingerprint density at radius 3 is 2.41 bits per heavy atom. The van der Waals surface area contributed by atoms with Crippen LogP contribution in [0.5, 0.6) is 0 Å². The second-order valence-electron chi connectivity index (χ2n) is 5.82. The number of halogens is 1. The Bertz CT molecular complexity index is 806. The van der Waals surface area contributed by atoms with E-state index in [4.69, 9.17) is 4.74 Å². The minimum Gasteiger partial charge on any atom is -0.456 e. The largest absolute Gasteiger partial charge is 0.456 e. The van der Waals surface area contributed by atoms with Gasteiger partial charge < -0.3 is 15.4 Å². The van der Waals surface area contributed by atoms with Gasteiger partial charge in [0, 0.05) is 12.1 Å². The molecule has 0 aliphatic carbocycles. The van der Waals surface area contributed by atoms with Crippen molar-refractivity contribution in [1.82, 2.24) is 0 Å². The molecule has 0 bridgehead atoms. The highest BCUT2D eigenvalue weighted by Crippen LogP contribution is 2.18. The van der Waals surface area contributed by atoms with Crippen molar-refractivity contribution in [3.63, 3.8) is 0 Å². The number of hydrogen-bond donors (Lipinski definition) is 2. The van der Waals surface area contributed by atoms with E-state index >= 15 is 0 Å². The molecular formula is C20H21FN2O4. The summed E-state index contributed by atoms with van der Waals surface area (Å²) >= 11 is 0. The zero-order valence-corrected chi connectivity index (χ0v) is 15.0. The van der Waals surface area contributed by atoms with Crippen LogP contribution in [0.4, 0.5) is 15.8 Å². The summed E-state index contributed by atoms with van der Waals surface area (Å²) in [5.41, 5.74) is 0.937. The fourth-order valence-corrected chi connectivity index (χ4v) is 2.25. The van der Waals surface area contributed by atoms with E-state index in [9.17, 15) is 18.8 Å². The van der Waals surface area contributed by atoms with E-state index in [-0.39, 0.29) is 17.7 Å². The SMILES string of the molecule is CCCCC(=O)OCC(=O)Nc1ccccc1C(=O)Nc1ccc(F)cc1. The molecule has 0 saturated heterocycles. The van der Waals surface area contributed by atoms with Gasteiger partial charge in [-0.1, -0.05) is 25.5 Å². The molecule has 0 fully saturated rings. The van der Waals surface area contributed by atoms with Gasteiger partial charge in [-0.25, -0.2) is 4.39 Å². The smallest absolute Gasteiger partial charge is 0.306 e. The van der Waals surface area contributed by atoms with E-state index in [1.807, 2.05) is 6.92 Å². The number of para-hydroxylation sites is 1. The Morgan fingerprint density at radius 2 is 1.70 bits per heavy atom. The number of anilines is 2. The number of carbonyl (C=O) groups excluding carboxylic acids is 3. The number of esters is 1. The molecule has 0 aliphatic rings. The van der Waals surface area contributed by atoms with Gasteiger partial charge in [-0.15, -0.1) is 0 Å². The molecule has 0 saturated carbocycles. The number of ether oxygens (including phenoxy) is 1. The van der Waals surface area contributed by atoms with Crippen molar-refractivity contribution in [3.05, 3.63) is 59.9 Å². The summed E-state index contributed by atoms with van der Waals surface area (Å²) < 4.78 is 17.9. The maximum Gasteiger partial charge on any atom is 0.306 e. The van der Waals surface area contributed by atoms with Crippen LogP contribution >= 0.6 is 0 Å². The molecule has 27 heavy (non-hydrogen) atoms. The lowest BCUT2D eigenvalue weighted by molar-refractivity contribution is -0.147. The van der Waals surface area contributed by atoms with Crippen molar-refractivity contribution in [3.8, 4) is 0 Å². The second kappa shape index (κ2) is 10.1. The highest BCUT2D eigenvalue weighted by molar-refractivity contribution is 6.10. The summed E-state index contributed by atoms with van der Waals surface area (Å²) in [4.78, 5) is 35.9. The molecule has 7 heteroatoms. The van der Waals surface area contributed by atoms with Crippen LogP contribution in [0.15, 0.2) is 48.5 Å². The van der Waals surface area contributed by atoms with Gasteiger partial charge in [-0.2, -0.15) is 0 Å². The van der Waals surface area contributed by atoms with E-state index in [1.165, 1.54) is 24.3 Å². The molecule has 6 nitrogen and oxygen atoms in total. The number of amides is 2.